The summed E-state index contributed by atoms with van der Waals surface area (Å²) >= 11 is 0. The van der Waals surface area contributed by atoms with Crippen LogP contribution in [0.25, 0.3) is 66.9 Å². The lowest BCUT2D eigenvalue weighted by atomic mass is 9.92. The quantitative estimate of drug-likeness (QED) is 0.220. The average Bonchev–Trinajstić information content (AvgIpc) is 3.39. The van der Waals surface area contributed by atoms with Crippen LogP contribution in [-0.4, -0.2) is 14.5 Å². The molecule has 0 amide bonds. The van der Waals surface area contributed by atoms with Gasteiger partial charge in [-0.2, -0.15) is 0 Å². The highest BCUT2D eigenvalue weighted by Gasteiger charge is 2.23. The molecule has 0 saturated carbocycles. The van der Waals surface area contributed by atoms with Crippen molar-refractivity contribution in [2.45, 2.75) is 13.3 Å². The van der Waals surface area contributed by atoms with Crippen LogP contribution in [0.5, 0.6) is 0 Å². The van der Waals surface area contributed by atoms with E-state index < -0.39 is 0 Å². The van der Waals surface area contributed by atoms with E-state index in [1.165, 1.54) is 32.3 Å². The standard InChI is InChI=1S/C37H27N3/c1-24-18-21-35-34(22-24)39-37(40(35)27-11-3-2-4-12-27)33-17-9-16-32(38-33)31-23-26-20-19-25-10-5-6-13-28(25)36(26)30-15-8-7-14-29(30)31/h2-21,23-24H,22H2,1H3. The Bertz CT molecular complexity index is 2100. The number of allylic oxidation sites excluding steroid dienone is 1. The Morgan fingerprint density at radius 2 is 1.38 bits per heavy atom. The second-order valence-corrected chi connectivity index (χ2v) is 10.7. The molecule has 7 aromatic rings. The van der Waals surface area contributed by atoms with E-state index in [9.17, 15) is 0 Å². The van der Waals surface area contributed by atoms with E-state index >= 15 is 0 Å². The number of pyridine rings is 1. The number of hydrogen-bond donors (Lipinski definition) is 0. The van der Waals surface area contributed by atoms with Crippen LogP contribution in [0.1, 0.15) is 18.3 Å². The number of fused-ring (bicyclic) bond motifs is 6. The van der Waals surface area contributed by atoms with Crippen LogP contribution in [0.2, 0.25) is 0 Å². The summed E-state index contributed by atoms with van der Waals surface area (Å²) in [7, 11) is 0. The lowest BCUT2D eigenvalue weighted by Gasteiger charge is -2.15. The molecule has 8 rings (SSSR count). The predicted octanol–water partition coefficient (Wildman–Crippen LogP) is 9.27. The largest absolute Gasteiger partial charge is 0.291 e. The maximum Gasteiger partial charge on any atom is 0.164 e. The van der Waals surface area contributed by atoms with E-state index in [-0.39, 0.29) is 0 Å². The zero-order valence-electron chi connectivity index (χ0n) is 22.3. The van der Waals surface area contributed by atoms with Gasteiger partial charge in [0, 0.05) is 11.3 Å². The minimum Gasteiger partial charge on any atom is -0.291 e. The summed E-state index contributed by atoms with van der Waals surface area (Å²) in [5.41, 5.74) is 6.34. The number of benzene rings is 5. The molecule has 2 heterocycles. The Hall–Kier alpha value is -5.02. The molecule has 190 valence electrons. The fraction of sp³-hybridized carbons (Fsp3) is 0.0811. The Labute approximate surface area is 233 Å². The molecular formula is C37H27N3. The monoisotopic (exact) mass is 513 g/mol. The molecule has 3 heteroatoms. The molecule has 0 bridgehead atoms. The SMILES string of the molecule is CC1C=Cc2c(nc(-c3cccc(-c4cc5ccc6ccccc6c5c5ccccc45)n3)n2-c2ccccc2)C1. The van der Waals surface area contributed by atoms with Crippen molar-refractivity contribution in [3.63, 3.8) is 0 Å². The van der Waals surface area contributed by atoms with Crippen molar-refractivity contribution in [3.05, 3.63) is 133 Å². The van der Waals surface area contributed by atoms with E-state index in [0.29, 0.717) is 5.92 Å². The minimum absolute atomic E-state index is 0.471. The molecule has 1 aliphatic carbocycles. The Kier molecular flexibility index (Phi) is 5.17. The van der Waals surface area contributed by atoms with Crippen LogP contribution >= 0.6 is 0 Å². The van der Waals surface area contributed by atoms with Gasteiger partial charge in [0.15, 0.2) is 5.82 Å². The summed E-state index contributed by atoms with van der Waals surface area (Å²) in [6.45, 7) is 2.24. The van der Waals surface area contributed by atoms with Crippen LogP contribution in [0, 0.1) is 5.92 Å². The lowest BCUT2D eigenvalue weighted by Crippen LogP contribution is -2.06. The second-order valence-electron chi connectivity index (χ2n) is 10.7. The summed E-state index contributed by atoms with van der Waals surface area (Å²) in [4.78, 5) is 10.5. The van der Waals surface area contributed by atoms with Crippen LogP contribution in [0.4, 0.5) is 0 Å². The Morgan fingerprint density at radius 1 is 0.650 bits per heavy atom. The van der Waals surface area contributed by atoms with Crippen LogP contribution < -0.4 is 0 Å². The van der Waals surface area contributed by atoms with Gasteiger partial charge in [-0.05, 0) is 81.1 Å². The topological polar surface area (TPSA) is 30.7 Å². The number of hydrogen-bond acceptors (Lipinski definition) is 2. The summed E-state index contributed by atoms with van der Waals surface area (Å²) in [5.74, 6) is 1.35. The fourth-order valence-corrected chi connectivity index (χ4v) is 6.24. The molecule has 3 nitrogen and oxygen atoms in total. The van der Waals surface area contributed by atoms with Crippen molar-refractivity contribution >= 4 is 38.4 Å². The third kappa shape index (κ3) is 3.59. The molecule has 0 aliphatic heterocycles. The molecule has 1 unspecified atom stereocenters. The van der Waals surface area contributed by atoms with E-state index in [1.807, 2.05) is 0 Å². The predicted molar refractivity (Wildman–Crippen MR) is 167 cm³/mol. The van der Waals surface area contributed by atoms with E-state index in [2.05, 4.69) is 139 Å². The van der Waals surface area contributed by atoms with E-state index in [4.69, 9.17) is 9.97 Å². The maximum absolute atomic E-state index is 5.27. The third-order valence-corrected chi connectivity index (χ3v) is 8.10. The average molecular weight is 514 g/mol. The smallest absolute Gasteiger partial charge is 0.164 e. The Morgan fingerprint density at radius 3 is 2.25 bits per heavy atom. The lowest BCUT2D eigenvalue weighted by molar-refractivity contribution is 0.702. The summed E-state index contributed by atoms with van der Waals surface area (Å²) in [6, 6.07) is 40.9. The minimum atomic E-state index is 0.471. The van der Waals surface area contributed by atoms with Crippen molar-refractivity contribution in [1.82, 2.24) is 14.5 Å². The molecule has 0 saturated heterocycles. The highest BCUT2D eigenvalue weighted by atomic mass is 15.1. The molecular weight excluding hydrogens is 486 g/mol. The molecule has 1 aliphatic rings. The molecule has 5 aromatic carbocycles. The zero-order valence-corrected chi connectivity index (χ0v) is 22.3. The number of imidazole rings is 1. The molecule has 1 atom stereocenters. The first kappa shape index (κ1) is 22.9. The van der Waals surface area contributed by atoms with Crippen LogP contribution in [0.15, 0.2) is 121 Å². The Balaban J connectivity index is 1.36. The highest BCUT2D eigenvalue weighted by Crippen LogP contribution is 2.39. The van der Waals surface area contributed by atoms with Crippen molar-refractivity contribution in [3.8, 4) is 28.5 Å². The number of nitrogens with zero attached hydrogens (tertiary/aromatic N) is 3. The van der Waals surface area contributed by atoms with Crippen LogP contribution in [-0.2, 0) is 6.42 Å². The van der Waals surface area contributed by atoms with Gasteiger partial charge in [-0.25, -0.2) is 9.97 Å². The zero-order chi connectivity index (χ0) is 26.6. The number of aromatic nitrogens is 3. The molecule has 2 aromatic heterocycles. The molecule has 0 N–H and O–H groups in total. The first-order chi connectivity index (χ1) is 19.7. The number of rotatable bonds is 3. The van der Waals surface area contributed by atoms with Crippen molar-refractivity contribution in [2.75, 3.05) is 0 Å². The first-order valence-corrected chi connectivity index (χ1v) is 13.9. The molecule has 0 spiro atoms. The summed E-state index contributed by atoms with van der Waals surface area (Å²) in [6.07, 6.45) is 5.43. The molecule has 0 fully saturated rings. The van der Waals surface area contributed by atoms with Gasteiger partial charge in [-0.15, -0.1) is 0 Å². The highest BCUT2D eigenvalue weighted by molar-refractivity contribution is 6.23. The first-order valence-electron chi connectivity index (χ1n) is 13.9. The van der Waals surface area contributed by atoms with Crippen molar-refractivity contribution < 1.29 is 0 Å². The van der Waals surface area contributed by atoms with E-state index in [1.54, 1.807) is 0 Å². The van der Waals surface area contributed by atoms with Gasteiger partial charge in [0.1, 0.15) is 5.69 Å². The van der Waals surface area contributed by atoms with E-state index in [0.717, 1.165) is 46.3 Å². The van der Waals surface area contributed by atoms with Crippen LogP contribution in [0.3, 0.4) is 0 Å². The summed E-state index contributed by atoms with van der Waals surface area (Å²) < 4.78 is 2.26. The van der Waals surface area contributed by atoms with Gasteiger partial charge >= 0.3 is 0 Å². The van der Waals surface area contributed by atoms with Gasteiger partial charge < -0.3 is 0 Å². The van der Waals surface area contributed by atoms with Gasteiger partial charge in [0.05, 0.1) is 17.1 Å². The normalized spacial score (nSPS) is 14.7. The van der Waals surface area contributed by atoms with Crippen molar-refractivity contribution in [1.29, 1.82) is 0 Å². The van der Waals surface area contributed by atoms with Gasteiger partial charge in [-0.3, -0.25) is 4.57 Å². The summed E-state index contributed by atoms with van der Waals surface area (Å²) in [5, 5.41) is 7.51. The van der Waals surface area contributed by atoms with Crippen molar-refractivity contribution in [2.24, 2.45) is 5.92 Å². The third-order valence-electron chi connectivity index (χ3n) is 8.10. The maximum atomic E-state index is 5.27. The van der Waals surface area contributed by atoms with Gasteiger partial charge in [0.2, 0.25) is 0 Å². The molecule has 0 radical (unpaired) electrons. The fourth-order valence-electron chi connectivity index (χ4n) is 6.24. The number of para-hydroxylation sites is 1. The second kappa shape index (κ2) is 9.03. The van der Waals surface area contributed by atoms with Gasteiger partial charge in [-0.1, -0.05) is 97.9 Å². The molecule has 40 heavy (non-hydrogen) atoms. The van der Waals surface area contributed by atoms with Gasteiger partial charge in [0.25, 0.3) is 0 Å².